The number of pyridine rings is 1. The second-order valence-corrected chi connectivity index (χ2v) is 6.72. The van der Waals surface area contributed by atoms with E-state index in [9.17, 15) is 0 Å². The third-order valence-corrected chi connectivity index (χ3v) is 4.61. The van der Waals surface area contributed by atoms with Crippen LogP contribution in [0.3, 0.4) is 0 Å². The maximum Gasteiger partial charge on any atom is 0.224 e. The summed E-state index contributed by atoms with van der Waals surface area (Å²) in [6, 6.07) is 6.76. The van der Waals surface area contributed by atoms with Gasteiger partial charge in [0.2, 0.25) is 5.88 Å². The number of hydrogen-bond acceptors (Lipinski definition) is 3. The average Bonchev–Trinajstić information content (AvgIpc) is 2.58. The van der Waals surface area contributed by atoms with Gasteiger partial charge < -0.3 is 10.1 Å². The maximum atomic E-state index is 6.26. The highest BCUT2D eigenvalue weighted by Gasteiger charge is 2.15. The summed E-state index contributed by atoms with van der Waals surface area (Å²) in [5.41, 5.74) is 6.39. The van der Waals surface area contributed by atoms with Crippen LogP contribution >= 0.6 is 0 Å². The second kappa shape index (κ2) is 8.19. The molecular formula is C22H30N2O. The Morgan fingerprint density at radius 3 is 2.20 bits per heavy atom. The molecule has 0 aliphatic heterocycles. The first-order valence-corrected chi connectivity index (χ1v) is 9.05. The van der Waals surface area contributed by atoms with E-state index < -0.39 is 0 Å². The molecule has 1 N–H and O–H groups in total. The van der Waals surface area contributed by atoms with Crippen LogP contribution in [0.2, 0.25) is 0 Å². The molecular weight excluding hydrogens is 308 g/mol. The van der Waals surface area contributed by atoms with E-state index in [0.717, 1.165) is 46.7 Å². The van der Waals surface area contributed by atoms with Crippen LogP contribution < -0.4 is 10.1 Å². The van der Waals surface area contributed by atoms with Crippen molar-refractivity contribution >= 4 is 11.8 Å². The van der Waals surface area contributed by atoms with Gasteiger partial charge in [0.05, 0.1) is 5.69 Å². The number of nitrogens with zero attached hydrogens (tertiary/aromatic N) is 1. The first-order valence-electron chi connectivity index (χ1n) is 9.05. The first kappa shape index (κ1) is 19.0. The van der Waals surface area contributed by atoms with E-state index in [1.807, 2.05) is 6.07 Å². The van der Waals surface area contributed by atoms with Crippen molar-refractivity contribution in [3.8, 4) is 11.6 Å². The van der Waals surface area contributed by atoms with E-state index in [-0.39, 0.29) is 0 Å². The second-order valence-electron chi connectivity index (χ2n) is 6.72. The van der Waals surface area contributed by atoms with Crippen molar-refractivity contribution in [3.63, 3.8) is 0 Å². The molecule has 2 aromatic rings. The lowest BCUT2D eigenvalue weighted by Gasteiger charge is -2.21. The van der Waals surface area contributed by atoms with Crippen LogP contribution in [0.4, 0.5) is 5.69 Å². The van der Waals surface area contributed by atoms with Gasteiger partial charge in [-0.3, -0.25) is 0 Å². The minimum atomic E-state index is 0.439. The van der Waals surface area contributed by atoms with Gasteiger partial charge in [-0.05, 0) is 63.8 Å². The molecule has 2 rings (SSSR count). The van der Waals surface area contributed by atoms with E-state index in [4.69, 9.17) is 4.74 Å². The lowest BCUT2D eigenvalue weighted by atomic mass is 10.1. The Morgan fingerprint density at radius 2 is 1.68 bits per heavy atom. The van der Waals surface area contributed by atoms with Crippen LogP contribution in [0.1, 0.15) is 54.6 Å². The zero-order chi connectivity index (χ0) is 18.6. The quantitative estimate of drug-likeness (QED) is 0.638. The van der Waals surface area contributed by atoms with Gasteiger partial charge in [0.25, 0.3) is 0 Å². The third-order valence-electron chi connectivity index (χ3n) is 4.61. The van der Waals surface area contributed by atoms with Gasteiger partial charge in [0.15, 0.2) is 0 Å². The molecule has 3 heteroatoms. The molecule has 134 valence electrons. The van der Waals surface area contributed by atoms with Crippen molar-refractivity contribution in [3.05, 3.63) is 52.7 Å². The van der Waals surface area contributed by atoms with E-state index in [2.05, 4.69) is 70.6 Å². The lowest BCUT2D eigenvalue weighted by molar-refractivity contribution is 0.452. The summed E-state index contributed by atoms with van der Waals surface area (Å²) in [6.45, 7) is 16.6. The number of benzene rings is 1. The van der Waals surface area contributed by atoms with E-state index in [1.54, 1.807) is 6.08 Å². The molecule has 1 aromatic carbocycles. The minimum Gasteiger partial charge on any atom is -0.438 e. The van der Waals surface area contributed by atoms with E-state index in [1.165, 1.54) is 5.56 Å². The summed E-state index contributed by atoms with van der Waals surface area (Å²) in [7, 11) is 0. The van der Waals surface area contributed by atoms with Crippen LogP contribution in [-0.2, 0) is 0 Å². The largest absolute Gasteiger partial charge is 0.438 e. The fraction of sp³-hybridized carbons (Fsp3) is 0.409. The molecule has 3 nitrogen and oxygen atoms in total. The number of aromatic nitrogens is 1. The number of rotatable bonds is 7. The summed E-state index contributed by atoms with van der Waals surface area (Å²) in [6.07, 6.45) is 3.92. The highest BCUT2D eigenvalue weighted by atomic mass is 16.5. The van der Waals surface area contributed by atoms with Crippen molar-refractivity contribution in [2.24, 2.45) is 0 Å². The summed E-state index contributed by atoms with van der Waals surface area (Å²) in [4.78, 5) is 4.63. The third kappa shape index (κ3) is 4.41. The van der Waals surface area contributed by atoms with Crippen molar-refractivity contribution < 1.29 is 4.74 Å². The van der Waals surface area contributed by atoms with Gasteiger partial charge in [-0.2, -0.15) is 0 Å². The smallest absolute Gasteiger partial charge is 0.224 e. The SMILES string of the molecule is C=Cc1cc(NC(CC)CC)c(C)c(Oc2c(C)cc(C)cc2C)n1. The lowest BCUT2D eigenvalue weighted by Crippen LogP contribution is -2.18. The summed E-state index contributed by atoms with van der Waals surface area (Å²) >= 11 is 0. The first-order chi connectivity index (χ1) is 11.9. The summed E-state index contributed by atoms with van der Waals surface area (Å²) < 4.78 is 6.26. The molecule has 0 radical (unpaired) electrons. The monoisotopic (exact) mass is 338 g/mol. The number of aryl methyl sites for hydroxylation is 3. The predicted molar refractivity (Wildman–Crippen MR) is 108 cm³/mol. The van der Waals surface area contributed by atoms with Crippen molar-refractivity contribution in [2.45, 2.75) is 60.4 Å². The van der Waals surface area contributed by atoms with Gasteiger partial charge in [-0.1, -0.05) is 38.1 Å². The Bertz CT molecular complexity index is 738. The Kier molecular flexibility index (Phi) is 6.24. The Morgan fingerprint density at radius 1 is 1.08 bits per heavy atom. The zero-order valence-electron chi connectivity index (χ0n) is 16.4. The fourth-order valence-electron chi connectivity index (χ4n) is 3.10. The van der Waals surface area contributed by atoms with Gasteiger partial charge in [0.1, 0.15) is 5.75 Å². The standard InChI is InChI=1S/C22H30N2O/c1-8-18(9-2)23-20-13-19(10-3)24-22(17(20)7)25-21-15(5)11-14(4)12-16(21)6/h10-13,18H,3,8-9H2,1-2,4-7H3,(H,23,24). The topological polar surface area (TPSA) is 34.1 Å². The van der Waals surface area contributed by atoms with Crippen LogP contribution in [0, 0.1) is 27.7 Å². The highest BCUT2D eigenvalue weighted by molar-refractivity contribution is 5.61. The Balaban J connectivity index is 2.46. The van der Waals surface area contributed by atoms with Gasteiger partial charge in [0, 0.05) is 17.3 Å². The zero-order valence-corrected chi connectivity index (χ0v) is 16.4. The molecule has 0 atom stereocenters. The van der Waals surface area contributed by atoms with Gasteiger partial charge in [-0.25, -0.2) is 4.98 Å². The number of ether oxygens (including phenoxy) is 1. The molecule has 0 spiro atoms. The van der Waals surface area contributed by atoms with E-state index >= 15 is 0 Å². The molecule has 0 saturated heterocycles. The summed E-state index contributed by atoms with van der Waals surface area (Å²) in [5, 5.41) is 3.62. The van der Waals surface area contributed by atoms with Crippen LogP contribution in [-0.4, -0.2) is 11.0 Å². The fourth-order valence-corrected chi connectivity index (χ4v) is 3.10. The van der Waals surface area contributed by atoms with Crippen molar-refractivity contribution in [2.75, 3.05) is 5.32 Å². The average molecular weight is 338 g/mol. The molecule has 0 bridgehead atoms. The summed E-state index contributed by atoms with van der Waals surface area (Å²) in [5.74, 6) is 1.52. The Labute approximate surface area is 152 Å². The molecule has 0 fully saturated rings. The molecule has 1 aromatic heterocycles. The number of nitrogens with one attached hydrogen (secondary N) is 1. The number of anilines is 1. The van der Waals surface area contributed by atoms with Crippen LogP contribution in [0.25, 0.3) is 6.08 Å². The molecule has 0 aliphatic carbocycles. The van der Waals surface area contributed by atoms with Crippen LogP contribution in [0.15, 0.2) is 24.8 Å². The molecule has 0 saturated carbocycles. The predicted octanol–water partition coefficient (Wildman–Crippen LogP) is 6.35. The molecule has 25 heavy (non-hydrogen) atoms. The van der Waals surface area contributed by atoms with Crippen molar-refractivity contribution in [1.82, 2.24) is 4.98 Å². The van der Waals surface area contributed by atoms with Gasteiger partial charge in [-0.15, -0.1) is 0 Å². The van der Waals surface area contributed by atoms with Crippen molar-refractivity contribution in [1.29, 1.82) is 0 Å². The number of hydrogen-bond donors (Lipinski definition) is 1. The normalized spacial score (nSPS) is 10.8. The van der Waals surface area contributed by atoms with Gasteiger partial charge >= 0.3 is 0 Å². The minimum absolute atomic E-state index is 0.439. The molecule has 0 amide bonds. The molecule has 0 unspecified atom stereocenters. The molecule has 1 heterocycles. The molecule has 0 aliphatic rings. The van der Waals surface area contributed by atoms with E-state index in [0.29, 0.717) is 11.9 Å². The maximum absolute atomic E-state index is 6.26. The highest BCUT2D eigenvalue weighted by Crippen LogP contribution is 2.34. The van der Waals surface area contributed by atoms with Crippen LogP contribution in [0.5, 0.6) is 11.6 Å². The Hall–Kier alpha value is -2.29.